The van der Waals surface area contributed by atoms with Gasteiger partial charge in [-0.15, -0.1) is 0 Å². The Labute approximate surface area is 103 Å². The van der Waals surface area contributed by atoms with Crippen LogP contribution in [0.15, 0.2) is 35.6 Å². The maximum Gasteiger partial charge on any atom is 0.289 e. The molecule has 0 aliphatic carbocycles. The van der Waals surface area contributed by atoms with Gasteiger partial charge in [0.25, 0.3) is 5.91 Å². The molecule has 1 aromatic carbocycles. The Kier molecular flexibility index (Phi) is 2.90. The third-order valence-electron chi connectivity index (χ3n) is 3.02. The first kappa shape index (κ1) is 12.3. The van der Waals surface area contributed by atoms with Gasteiger partial charge in [-0.2, -0.15) is 0 Å². The van der Waals surface area contributed by atoms with E-state index in [2.05, 4.69) is 0 Å². The van der Waals surface area contributed by atoms with Crippen LogP contribution in [0, 0.1) is 5.82 Å². The predicted molar refractivity (Wildman–Crippen MR) is 62.2 cm³/mol. The normalized spacial score (nSPS) is 19.6. The molecule has 1 N–H and O–H groups in total. The van der Waals surface area contributed by atoms with Gasteiger partial charge in [0.15, 0.2) is 11.5 Å². The van der Waals surface area contributed by atoms with E-state index < -0.39 is 29.3 Å². The Morgan fingerprint density at radius 2 is 2.00 bits per heavy atom. The standard InChI is InChI=1S/C13H12FNO3/c1-7(16)10-11(15(2)13(18)12(10)17)8-5-3-4-6-9(8)14/h3-6,11,17H,1-2H3/t11-/m1/s1. The molecule has 0 saturated carbocycles. The maximum atomic E-state index is 13.8. The minimum Gasteiger partial charge on any atom is -0.503 e. The Morgan fingerprint density at radius 1 is 1.39 bits per heavy atom. The van der Waals surface area contributed by atoms with Gasteiger partial charge >= 0.3 is 0 Å². The Hall–Kier alpha value is -2.17. The van der Waals surface area contributed by atoms with Crippen molar-refractivity contribution in [1.82, 2.24) is 4.90 Å². The van der Waals surface area contributed by atoms with Gasteiger partial charge < -0.3 is 10.0 Å². The van der Waals surface area contributed by atoms with Gasteiger partial charge in [0, 0.05) is 12.6 Å². The number of hydrogen-bond donors (Lipinski definition) is 1. The third-order valence-corrected chi connectivity index (χ3v) is 3.02. The summed E-state index contributed by atoms with van der Waals surface area (Å²) in [5, 5.41) is 9.67. The summed E-state index contributed by atoms with van der Waals surface area (Å²) in [6.07, 6.45) is 0. The molecule has 94 valence electrons. The van der Waals surface area contributed by atoms with Crippen molar-refractivity contribution >= 4 is 11.7 Å². The smallest absolute Gasteiger partial charge is 0.289 e. The van der Waals surface area contributed by atoms with E-state index in [0.717, 1.165) is 4.90 Å². The van der Waals surface area contributed by atoms with E-state index in [-0.39, 0.29) is 11.1 Å². The molecule has 1 aliphatic heterocycles. The van der Waals surface area contributed by atoms with Crippen LogP contribution < -0.4 is 0 Å². The van der Waals surface area contributed by atoms with Crippen molar-refractivity contribution in [3.63, 3.8) is 0 Å². The number of Topliss-reactive ketones (excluding diaryl/α,β-unsaturated/α-hetero) is 1. The number of ketones is 1. The number of halogens is 1. The largest absolute Gasteiger partial charge is 0.503 e. The maximum absolute atomic E-state index is 13.8. The minimum atomic E-state index is -0.865. The Bertz CT molecular complexity index is 565. The Balaban J connectivity index is 2.60. The highest BCUT2D eigenvalue weighted by molar-refractivity contribution is 6.07. The van der Waals surface area contributed by atoms with E-state index in [4.69, 9.17) is 0 Å². The number of aliphatic hydroxyl groups is 1. The van der Waals surface area contributed by atoms with Gasteiger partial charge in [-0.1, -0.05) is 18.2 Å². The van der Waals surface area contributed by atoms with Gasteiger partial charge in [-0.25, -0.2) is 4.39 Å². The third kappa shape index (κ3) is 1.68. The fourth-order valence-corrected chi connectivity index (χ4v) is 2.14. The first-order valence-electron chi connectivity index (χ1n) is 5.40. The van der Waals surface area contributed by atoms with Gasteiger partial charge in [0.05, 0.1) is 11.6 Å². The SMILES string of the molecule is CC(=O)C1=C(O)C(=O)N(C)[C@@H]1c1ccccc1F. The lowest BCUT2D eigenvalue weighted by Gasteiger charge is -2.22. The van der Waals surface area contributed by atoms with Crippen molar-refractivity contribution < 1.29 is 19.1 Å². The molecule has 18 heavy (non-hydrogen) atoms. The van der Waals surface area contributed by atoms with E-state index in [1.807, 2.05) is 0 Å². The number of aliphatic hydroxyl groups excluding tert-OH is 1. The lowest BCUT2D eigenvalue weighted by molar-refractivity contribution is -0.128. The lowest BCUT2D eigenvalue weighted by atomic mass is 9.96. The second kappa shape index (κ2) is 4.25. The zero-order chi connectivity index (χ0) is 13.4. The van der Waals surface area contributed by atoms with E-state index >= 15 is 0 Å². The molecule has 2 rings (SSSR count). The predicted octanol–water partition coefficient (Wildman–Crippen LogP) is 1.74. The van der Waals surface area contributed by atoms with Crippen LogP contribution in [0.4, 0.5) is 4.39 Å². The molecule has 1 amide bonds. The topological polar surface area (TPSA) is 57.6 Å². The summed E-state index contributed by atoms with van der Waals surface area (Å²) in [6, 6.07) is 5.01. The summed E-state index contributed by atoms with van der Waals surface area (Å²) in [7, 11) is 1.42. The van der Waals surface area contributed by atoms with Crippen molar-refractivity contribution in [2.45, 2.75) is 13.0 Å². The number of likely N-dealkylation sites (N-methyl/N-ethyl adjacent to an activating group) is 1. The van der Waals surface area contributed by atoms with Crippen LogP contribution in [0.25, 0.3) is 0 Å². The molecule has 1 atom stereocenters. The summed E-state index contributed by atoms with van der Waals surface area (Å²) in [4.78, 5) is 24.3. The molecule has 1 aromatic rings. The van der Waals surface area contributed by atoms with Crippen LogP contribution in [-0.2, 0) is 9.59 Å². The molecule has 0 fully saturated rings. The van der Waals surface area contributed by atoms with Gasteiger partial charge in [-0.3, -0.25) is 9.59 Å². The number of rotatable bonds is 2. The highest BCUT2D eigenvalue weighted by Crippen LogP contribution is 2.37. The number of carbonyl (C=O) groups excluding carboxylic acids is 2. The molecule has 0 saturated heterocycles. The number of amides is 1. The fraction of sp³-hybridized carbons (Fsp3) is 0.231. The second-order valence-electron chi connectivity index (χ2n) is 4.16. The van der Waals surface area contributed by atoms with Crippen molar-refractivity contribution in [3.8, 4) is 0 Å². The van der Waals surface area contributed by atoms with E-state index in [1.54, 1.807) is 6.07 Å². The van der Waals surface area contributed by atoms with Crippen molar-refractivity contribution in [2.24, 2.45) is 0 Å². The quantitative estimate of drug-likeness (QED) is 0.868. The molecular weight excluding hydrogens is 237 g/mol. The van der Waals surface area contributed by atoms with Crippen LogP contribution in [0.3, 0.4) is 0 Å². The molecule has 4 nitrogen and oxygen atoms in total. The van der Waals surface area contributed by atoms with E-state index in [1.165, 1.54) is 32.2 Å². The average molecular weight is 249 g/mol. The minimum absolute atomic E-state index is 0.0624. The van der Waals surface area contributed by atoms with Gasteiger partial charge in [0.2, 0.25) is 0 Å². The highest BCUT2D eigenvalue weighted by Gasteiger charge is 2.41. The summed E-state index contributed by atoms with van der Waals surface area (Å²) in [5.74, 6) is -2.24. The summed E-state index contributed by atoms with van der Waals surface area (Å²) < 4.78 is 13.8. The summed E-state index contributed by atoms with van der Waals surface area (Å²) in [6.45, 7) is 1.24. The van der Waals surface area contributed by atoms with Crippen LogP contribution in [-0.4, -0.2) is 28.7 Å². The van der Waals surface area contributed by atoms with E-state index in [9.17, 15) is 19.1 Å². The molecule has 0 aromatic heterocycles. The summed E-state index contributed by atoms with van der Waals surface area (Å²) in [5.41, 5.74) is 0.134. The number of hydrogen-bond acceptors (Lipinski definition) is 3. The molecular formula is C13H12FNO3. The van der Waals surface area contributed by atoms with Crippen molar-refractivity contribution in [3.05, 3.63) is 47.0 Å². The lowest BCUT2D eigenvalue weighted by Crippen LogP contribution is -2.27. The summed E-state index contributed by atoms with van der Waals surface area (Å²) >= 11 is 0. The number of carbonyl (C=O) groups is 2. The second-order valence-corrected chi connectivity index (χ2v) is 4.16. The molecule has 5 heteroatoms. The van der Waals surface area contributed by atoms with Crippen LogP contribution in [0.5, 0.6) is 0 Å². The van der Waals surface area contributed by atoms with Crippen LogP contribution >= 0.6 is 0 Å². The molecule has 1 heterocycles. The Morgan fingerprint density at radius 3 is 2.56 bits per heavy atom. The van der Waals surface area contributed by atoms with Crippen molar-refractivity contribution in [2.75, 3.05) is 7.05 Å². The molecule has 0 bridgehead atoms. The van der Waals surface area contributed by atoms with Gasteiger partial charge in [-0.05, 0) is 13.0 Å². The van der Waals surface area contributed by atoms with Crippen LogP contribution in [0.2, 0.25) is 0 Å². The number of benzene rings is 1. The van der Waals surface area contributed by atoms with E-state index in [0.29, 0.717) is 0 Å². The molecule has 1 aliphatic rings. The fourth-order valence-electron chi connectivity index (χ4n) is 2.14. The first-order chi connectivity index (χ1) is 8.45. The first-order valence-corrected chi connectivity index (χ1v) is 5.40. The average Bonchev–Trinajstić information content (AvgIpc) is 2.54. The molecule has 0 spiro atoms. The zero-order valence-corrected chi connectivity index (χ0v) is 9.98. The monoisotopic (exact) mass is 249 g/mol. The van der Waals surface area contributed by atoms with Gasteiger partial charge in [0.1, 0.15) is 5.82 Å². The molecule has 0 radical (unpaired) electrons. The zero-order valence-electron chi connectivity index (χ0n) is 9.98. The highest BCUT2D eigenvalue weighted by atomic mass is 19.1. The number of nitrogens with zero attached hydrogens (tertiary/aromatic N) is 1. The molecule has 0 unspecified atom stereocenters. The van der Waals surface area contributed by atoms with Crippen LogP contribution in [0.1, 0.15) is 18.5 Å². The van der Waals surface area contributed by atoms with Crippen molar-refractivity contribution in [1.29, 1.82) is 0 Å².